The highest BCUT2D eigenvalue weighted by Gasteiger charge is 2.23. The number of anilines is 1. The summed E-state index contributed by atoms with van der Waals surface area (Å²) in [5, 5.41) is 12.6. The van der Waals surface area contributed by atoms with Crippen molar-refractivity contribution in [3.05, 3.63) is 28.7 Å². The highest BCUT2D eigenvalue weighted by molar-refractivity contribution is 9.10. The van der Waals surface area contributed by atoms with Crippen molar-refractivity contribution in [1.29, 1.82) is 0 Å². The number of halogens is 1. The minimum atomic E-state index is -0.820. The third-order valence-electron chi connectivity index (χ3n) is 2.77. The fourth-order valence-electron chi connectivity index (χ4n) is 1.76. The van der Waals surface area contributed by atoms with Gasteiger partial charge in [-0.05, 0) is 46.0 Å². The molecule has 1 aromatic carbocycles. The number of benzene rings is 1. The van der Waals surface area contributed by atoms with Gasteiger partial charge in [0, 0.05) is 16.7 Å². The molecular weight excluding hydrogens is 308 g/mol. The number of aliphatic hydroxyl groups is 1. The molecule has 0 fully saturated rings. The van der Waals surface area contributed by atoms with Gasteiger partial charge in [-0.25, -0.2) is 0 Å². The molecule has 0 bridgehead atoms. The predicted molar refractivity (Wildman–Crippen MR) is 81.2 cm³/mol. The van der Waals surface area contributed by atoms with Crippen LogP contribution in [0.15, 0.2) is 28.7 Å². The maximum absolute atomic E-state index is 12.1. The lowest BCUT2D eigenvalue weighted by Gasteiger charge is -2.29. The molecule has 0 aromatic heterocycles. The Bertz CT molecular complexity index is 443. The smallest absolute Gasteiger partial charge is 0.241 e. The van der Waals surface area contributed by atoms with Gasteiger partial charge in [0.15, 0.2) is 0 Å². The zero-order valence-electron chi connectivity index (χ0n) is 11.8. The average Bonchev–Trinajstić information content (AvgIpc) is 2.25. The standard InChI is InChI=1S/C14H21BrN2O2/c1-10(17(4)9-14(2,3)19)13(18)16-12-7-5-6-11(15)8-12/h5-8,10,19H,9H2,1-4H3,(H,16,18). The van der Waals surface area contributed by atoms with Gasteiger partial charge in [-0.15, -0.1) is 0 Å². The fraction of sp³-hybridized carbons (Fsp3) is 0.500. The Hall–Kier alpha value is -0.910. The number of carbonyl (C=O) groups excluding carboxylic acids is 1. The predicted octanol–water partition coefficient (Wildman–Crippen LogP) is 2.48. The minimum Gasteiger partial charge on any atom is -0.389 e. The van der Waals surface area contributed by atoms with E-state index < -0.39 is 5.60 Å². The van der Waals surface area contributed by atoms with Crippen LogP contribution in [-0.2, 0) is 4.79 Å². The van der Waals surface area contributed by atoms with Crippen LogP contribution >= 0.6 is 15.9 Å². The molecule has 5 heteroatoms. The summed E-state index contributed by atoms with van der Waals surface area (Å²) in [5.74, 6) is -0.0927. The molecule has 1 unspecified atom stereocenters. The van der Waals surface area contributed by atoms with E-state index in [0.29, 0.717) is 6.54 Å². The Labute approximate surface area is 122 Å². The van der Waals surface area contributed by atoms with Crippen molar-refractivity contribution >= 4 is 27.5 Å². The third-order valence-corrected chi connectivity index (χ3v) is 3.26. The van der Waals surface area contributed by atoms with Crippen molar-refractivity contribution in [2.45, 2.75) is 32.4 Å². The van der Waals surface area contributed by atoms with Gasteiger partial charge < -0.3 is 10.4 Å². The topological polar surface area (TPSA) is 52.6 Å². The van der Waals surface area contributed by atoms with E-state index in [1.807, 2.05) is 43.1 Å². The number of carbonyl (C=O) groups is 1. The van der Waals surface area contributed by atoms with Gasteiger partial charge in [-0.2, -0.15) is 0 Å². The highest BCUT2D eigenvalue weighted by atomic mass is 79.9. The molecule has 0 aliphatic rings. The van der Waals surface area contributed by atoms with Gasteiger partial charge in [0.25, 0.3) is 0 Å². The Balaban J connectivity index is 2.62. The van der Waals surface area contributed by atoms with Gasteiger partial charge in [-0.1, -0.05) is 22.0 Å². The summed E-state index contributed by atoms with van der Waals surface area (Å²) in [6.07, 6.45) is 0. The van der Waals surface area contributed by atoms with Crippen LogP contribution in [0.5, 0.6) is 0 Å². The summed E-state index contributed by atoms with van der Waals surface area (Å²) in [7, 11) is 1.82. The zero-order chi connectivity index (χ0) is 14.6. The van der Waals surface area contributed by atoms with E-state index in [4.69, 9.17) is 0 Å². The van der Waals surface area contributed by atoms with Crippen LogP contribution in [0.1, 0.15) is 20.8 Å². The summed E-state index contributed by atoms with van der Waals surface area (Å²) in [4.78, 5) is 13.9. The second-order valence-electron chi connectivity index (χ2n) is 5.40. The zero-order valence-corrected chi connectivity index (χ0v) is 13.4. The molecule has 1 rings (SSSR count). The molecule has 19 heavy (non-hydrogen) atoms. The Morgan fingerprint density at radius 3 is 2.68 bits per heavy atom. The lowest BCUT2D eigenvalue weighted by Crippen LogP contribution is -2.46. The normalized spacial score (nSPS) is 13.4. The SMILES string of the molecule is CC(C(=O)Nc1cccc(Br)c1)N(C)CC(C)(C)O. The second kappa shape index (κ2) is 6.50. The molecular formula is C14H21BrN2O2. The Kier molecular flexibility index (Phi) is 5.52. The maximum Gasteiger partial charge on any atom is 0.241 e. The molecule has 1 atom stereocenters. The number of hydrogen-bond donors (Lipinski definition) is 2. The van der Waals surface area contributed by atoms with Crippen molar-refractivity contribution in [2.24, 2.45) is 0 Å². The van der Waals surface area contributed by atoms with Gasteiger partial charge in [0.1, 0.15) is 0 Å². The summed E-state index contributed by atoms with van der Waals surface area (Å²) in [6.45, 7) is 5.70. The summed E-state index contributed by atoms with van der Waals surface area (Å²) in [6, 6.07) is 7.14. The summed E-state index contributed by atoms with van der Waals surface area (Å²) >= 11 is 3.36. The van der Waals surface area contributed by atoms with Crippen LogP contribution < -0.4 is 5.32 Å². The first-order chi connectivity index (χ1) is 8.69. The van der Waals surface area contributed by atoms with Crippen LogP contribution in [0.3, 0.4) is 0 Å². The van der Waals surface area contributed by atoms with E-state index in [-0.39, 0.29) is 11.9 Å². The summed E-state index contributed by atoms with van der Waals surface area (Å²) < 4.78 is 0.919. The van der Waals surface area contributed by atoms with Crippen LogP contribution in [0, 0.1) is 0 Å². The average molecular weight is 329 g/mol. The van der Waals surface area contributed by atoms with Crippen molar-refractivity contribution in [1.82, 2.24) is 4.90 Å². The van der Waals surface area contributed by atoms with E-state index in [9.17, 15) is 9.90 Å². The molecule has 0 spiro atoms. The van der Waals surface area contributed by atoms with Gasteiger partial charge in [-0.3, -0.25) is 9.69 Å². The molecule has 0 aliphatic carbocycles. The largest absolute Gasteiger partial charge is 0.389 e. The maximum atomic E-state index is 12.1. The molecule has 106 valence electrons. The van der Waals surface area contributed by atoms with Gasteiger partial charge in [0.05, 0.1) is 11.6 Å². The van der Waals surface area contributed by atoms with Crippen LogP contribution in [0.25, 0.3) is 0 Å². The number of nitrogens with zero attached hydrogens (tertiary/aromatic N) is 1. The molecule has 0 aliphatic heterocycles. The van der Waals surface area contributed by atoms with Gasteiger partial charge in [0.2, 0.25) is 5.91 Å². The van der Waals surface area contributed by atoms with Gasteiger partial charge >= 0.3 is 0 Å². The number of rotatable bonds is 5. The van der Waals surface area contributed by atoms with E-state index in [2.05, 4.69) is 21.2 Å². The van der Waals surface area contributed by atoms with Crippen LogP contribution in [-0.4, -0.2) is 41.1 Å². The minimum absolute atomic E-state index is 0.0927. The van der Waals surface area contributed by atoms with E-state index in [1.54, 1.807) is 13.8 Å². The lowest BCUT2D eigenvalue weighted by atomic mass is 10.1. The quantitative estimate of drug-likeness (QED) is 0.873. The first-order valence-electron chi connectivity index (χ1n) is 6.18. The first-order valence-corrected chi connectivity index (χ1v) is 6.97. The molecule has 2 N–H and O–H groups in total. The highest BCUT2D eigenvalue weighted by Crippen LogP contribution is 2.16. The molecule has 0 saturated heterocycles. The van der Waals surface area contributed by atoms with Crippen molar-refractivity contribution < 1.29 is 9.90 Å². The van der Waals surface area contributed by atoms with Crippen LogP contribution in [0.4, 0.5) is 5.69 Å². The monoisotopic (exact) mass is 328 g/mol. The van der Waals surface area contributed by atoms with E-state index in [0.717, 1.165) is 10.2 Å². The number of amides is 1. The molecule has 0 heterocycles. The van der Waals surface area contributed by atoms with Crippen LogP contribution in [0.2, 0.25) is 0 Å². The summed E-state index contributed by atoms with van der Waals surface area (Å²) in [5.41, 5.74) is -0.0677. The fourth-order valence-corrected chi connectivity index (χ4v) is 2.16. The Morgan fingerprint density at radius 2 is 2.16 bits per heavy atom. The number of hydrogen-bond acceptors (Lipinski definition) is 3. The molecule has 0 radical (unpaired) electrons. The van der Waals surface area contributed by atoms with Crippen molar-refractivity contribution in [3.63, 3.8) is 0 Å². The molecule has 0 saturated carbocycles. The van der Waals surface area contributed by atoms with Crippen molar-refractivity contribution in [2.75, 3.05) is 18.9 Å². The third kappa shape index (κ3) is 5.72. The Morgan fingerprint density at radius 1 is 1.53 bits per heavy atom. The van der Waals surface area contributed by atoms with Crippen molar-refractivity contribution in [3.8, 4) is 0 Å². The lowest BCUT2D eigenvalue weighted by molar-refractivity contribution is -0.121. The molecule has 1 amide bonds. The first kappa shape index (κ1) is 16.1. The second-order valence-corrected chi connectivity index (χ2v) is 6.32. The molecule has 4 nitrogen and oxygen atoms in total. The van der Waals surface area contributed by atoms with E-state index in [1.165, 1.54) is 0 Å². The number of likely N-dealkylation sites (N-methyl/N-ethyl adjacent to an activating group) is 1. The molecule has 1 aromatic rings. The number of nitrogens with one attached hydrogen (secondary N) is 1. The van der Waals surface area contributed by atoms with E-state index >= 15 is 0 Å².